The van der Waals surface area contributed by atoms with E-state index in [9.17, 15) is 9.59 Å². The molecule has 0 fully saturated rings. The van der Waals surface area contributed by atoms with E-state index < -0.39 is 6.04 Å². The molecule has 0 aliphatic carbocycles. The summed E-state index contributed by atoms with van der Waals surface area (Å²) >= 11 is 0. The first-order valence-corrected chi connectivity index (χ1v) is 10.9. The Balaban J connectivity index is 1.64. The summed E-state index contributed by atoms with van der Waals surface area (Å²) in [6.45, 7) is 2.85. The second-order valence-corrected chi connectivity index (χ2v) is 8.14. The van der Waals surface area contributed by atoms with E-state index in [1.807, 2.05) is 42.5 Å². The molecule has 1 N–H and O–H groups in total. The van der Waals surface area contributed by atoms with Crippen molar-refractivity contribution >= 4 is 17.4 Å². The Morgan fingerprint density at radius 1 is 0.909 bits per heavy atom. The molecule has 0 spiro atoms. The predicted octanol–water partition coefficient (Wildman–Crippen LogP) is 4.64. The van der Waals surface area contributed by atoms with Crippen molar-refractivity contribution in [3.8, 4) is 11.5 Å². The van der Waals surface area contributed by atoms with Crippen LogP contribution in [-0.4, -0.2) is 37.4 Å². The van der Waals surface area contributed by atoms with Gasteiger partial charge in [0.1, 0.15) is 6.04 Å². The molecule has 3 aromatic carbocycles. The number of hydrogen-bond donors (Lipinski definition) is 1. The van der Waals surface area contributed by atoms with Gasteiger partial charge in [-0.3, -0.25) is 14.5 Å². The zero-order chi connectivity index (χ0) is 23.4. The summed E-state index contributed by atoms with van der Waals surface area (Å²) in [5.74, 6) is 1.22. The fraction of sp³-hybridized carbons (Fsp3) is 0.259. The molecule has 6 nitrogen and oxygen atoms in total. The lowest BCUT2D eigenvalue weighted by Crippen LogP contribution is -2.40. The number of methoxy groups -OCH3 is 2. The maximum atomic E-state index is 13.5. The second-order valence-electron chi connectivity index (χ2n) is 8.14. The standard InChI is InChI=1S/C27H28N2O4/c1-18(30)20-10-7-11-23(14-20)28-27(31)26(19-8-5-4-6-9-19)29-13-12-21-15-24(32-2)25(33-3)16-22(21)17-29/h4-11,14-16,26H,12-13,17H2,1-3H3,(H,28,31). The summed E-state index contributed by atoms with van der Waals surface area (Å²) < 4.78 is 10.9. The van der Waals surface area contributed by atoms with Gasteiger partial charge in [0.15, 0.2) is 17.3 Å². The largest absolute Gasteiger partial charge is 0.493 e. The summed E-state index contributed by atoms with van der Waals surface area (Å²) in [5.41, 5.74) is 4.41. The lowest BCUT2D eigenvalue weighted by atomic mass is 9.95. The minimum absolute atomic E-state index is 0.0391. The molecular formula is C27H28N2O4. The highest BCUT2D eigenvalue weighted by Crippen LogP contribution is 2.36. The molecule has 170 valence electrons. The highest BCUT2D eigenvalue weighted by molar-refractivity contribution is 5.98. The van der Waals surface area contributed by atoms with Gasteiger partial charge in [0.2, 0.25) is 5.91 Å². The van der Waals surface area contributed by atoms with Crippen LogP contribution in [0.5, 0.6) is 11.5 Å². The molecule has 4 rings (SSSR count). The molecule has 1 atom stereocenters. The van der Waals surface area contributed by atoms with Crippen molar-refractivity contribution in [1.82, 2.24) is 4.90 Å². The van der Waals surface area contributed by atoms with E-state index in [0.29, 0.717) is 29.3 Å². The molecular weight excluding hydrogens is 416 g/mol. The van der Waals surface area contributed by atoms with Gasteiger partial charge >= 0.3 is 0 Å². The van der Waals surface area contributed by atoms with Crippen LogP contribution < -0.4 is 14.8 Å². The summed E-state index contributed by atoms with van der Waals surface area (Å²) in [4.78, 5) is 27.5. The Labute approximate surface area is 194 Å². The summed E-state index contributed by atoms with van der Waals surface area (Å²) in [6, 6.07) is 20.4. The number of ketones is 1. The lowest BCUT2D eigenvalue weighted by Gasteiger charge is -2.35. The lowest BCUT2D eigenvalue weighted by molar-refractivity contribution is -0.122. The number of carbonyl (C=O) groups is 2. The van der Waals surface area contributed by atoms with E-state index in [1.54, 1.807) is 38.5 Å². The zero-order valence-electron chi connectivity index (χ0n) is 19.1. The van der Waals surface area contributed by atoms with Gasteiger partial charge in [0, 0.05) is 24.3 Å². The average Bonchev–Trinajstić information content (AvgIpc) is 2.84. The molecule has 1 aliphatic heterocycles. The molecule has 1 amide bonds. The van der Waals surface area contributed by atoms with Gasteiger partial charge in [-0.15, -0.1) is 0 Å². The molecule has 1 heterocycles. The molecule has 33 heavy (non-hydrogen) atoms. The third-order valence-corrected chi connectivity index (χ3v) is 6.01. The van der Waals surface area contributed by atoms with Crippen LogP contribution in [0.15, 0.2) is 66.7 Å². The highest BCUT2D eigenvalue weighted by Gasteiger charge is 2.31. The van der Waals surface area contributed by atoms with Gasteiger partial charge in [0.05, 0.1) is 14.2 Å². The van der Waals surface area contributed by atoms with Gasteiger partial charge in [-0.05, 0) is 54.3 Å². The van der Waals surface area contributed by atoms with Gasteiger partial charge in [-0.25, -0.2) is 0 Å². The van der Waals surface area contributed by atoms with E-state index in [1.165, 1.54) is 12.5 Å². The van der Waals surface area contributed by atoms with Crippen molar-refractivity contribution in [2.75, 3.05) is 26.1 Å². The van der Waals surface area contributed by atoms with Gasteiger partial charge in [-0.1, -0.05) is 42.5 Å². The van der Waals surface area contributed by atoms with Gasteiger partial charge in [0.25, 0.3) is 0 Å². The molecule has 1 aliphatic rings. The molecule has 1 unspecified atom stereocenters. The van der Waals surface area contributed by atoms with Crippen molar-refractivity contribution in [3.63, 3.8) is 0 Å². The molecule has 0 aromatic heterocycles. The van der Waals surface area contributed by atoms with Crippen molar-refractivity contribution in [2.45, 2.75) is 25.9 Å². The van der Waals surface area contributed by atoms with Crippen LogP contribution in [0.4, 0.5) is 5.69 Å². The first kappa shape index (κ1) is 22.6. The van der Waals surface area contributed by atoms with Crippen LogP contribution >= 0.6 is 0 Å². The van der Waals surface area contributed by atoms with E-state index in [-0.39, 0.29) is 11.7 Å². The number of anilines is 1. The number of Topliss-reactive ketones (excluding diaryl/α,β-unsaturated/α-hetero) is 1. The maximum Gasteiger partial charge on any atom is 0.246 e. The number of rotatable bonds is 7. The topological polar surface area (TPSA) is 67.9 Å². The fourth-order valence-electron chi connectivity index (χ4n) is 4.32. The van der Waals surface area contributed by atoms with Crippen LogP contribution in [0.3, 0.4) is 0 Å². The maximum absolute atomic E-state index is 13.5. The minimum Gasteiger partial charge on any atom is -0.493 e. The van der Waals surface area contributed by atoms with Crippen LogP contribution in [0.25, 0.3) is 0 Å². The summed E-state index contributed by atoms with van der Waals surface area (Å²) in [7, 11) is 3.26. The molecule has 0 saturated heterocycles. The Kier molecular flexibility index (Phi) is 6.75. The van der Waals surface area contributed by atoms with Crippen LogP contribution in [-0.2, 0) is 17.8 Å². The molecule has 0 radical (unpaired) electrons. The average molecular weight is 445 g/mol. The SMILES string of the molecule is COc1cc2c(cc1OC)CN(C(C(=O)Nc1cccc(C(C)=O)c1)c1ccccc1)CC2. The van der Waals surface area contributed by atoms with E-state index in [4.69, 9.17) is 9.47 Å². The number of amides is 1. The Morgan fingerprint density at radius 2 is 1.61 bits per heavy atom. The van der Waals surface area contributed by atoms with Crippen molar-refractivity contribution in [1.29, 1.82) is 0 Å². The van der Waals surface area contributed by atoms with E-state index in [0.717, 1.165) is 24.1 Å². The second kappa shape index (κ2) is 9.88. The van der Waals surface area contributed by atoms with E-state index in [2.05, 4.69) is 10.2 Å². The fourth-order valence-corrected chi connectivity index (χ4v) is 4.32. The normalized spacial score (nSPS) is 14.2. The van der Waals surface area contributed by atoms with Crippen LogP contribution in [0.2, 0.25) is 0 Å². The Bertz CT molecular complexity index is 1160. The van der Waals surface area contributed by atoms with Crippen molar-refractivity contribution in [3.05, 3.63) is 89.0 Å². The van der Waals surface area contributed by atoms with Crippen LogP contribution in [0, 0.1) is 0 Å². The van der Waals surface area contributed by atoms with Crippen LogP contribution in [0.1, 0.15) is 40.0 Å². The number of benzene rings is 3. The molecule has 6 heteroatoms. The zero-order valence-corrected chi connectivity index (χ0v) is 19.1. The number of fused-ring (bicyclic) bond motifs is 1. The summed E-state index contributed by atoms with van der Waals surface area (Å²) in [5, 5.41) is 3.02. The van der Waals surface area contributed by atoms with E-state index >= 15 is 0 Å². The van der Waals surface area contributed by atoms with Crippen molar-refractivity contribution in [2.24, 2.45) is 0 Å². The van der Waals surface area contributed by atoms with Crippen molar-refractivity contribution < 1.29 is 19.1 Å². The number of carbonyl (C=O) groups excluding carboxylic acids is 2. The quantitative estimate of drug-likeness (QED) is 0.538. The Morgan fingerprint density at radius 3 is 2.27 bits per heavy atom. The van der Waals surface area contributed by atoms with Gasteiger partial charge in [-0.2, -0.15) is 0 Å². The monoisotopic (exact) mass is 444 g/mol. The number of nitrogens with one attached hydrogen (secondary N) is 1. The molecule has 0 bridgehead atoms. The molecule has 0 saturated carbocycles. The molecule has 3 aromatic rings. The first-order chi connectivity index (χ1) is 16.0. The number of nitrogens with zero attached hydrogens (tertiary/aromatic N) is 1. The first-order valence-electron chi connectivity index (χ1n) is 10.9. The highest BCUT2D eigenvalue weighted by atomic mass is 16.5. The minimum atomic E-state index is -0.478. The number of hydrogen-bond acceptors (Lipinski definition) is 5. The number of ether oxygens (including phenoxy) is 2. The third kappa shape index (κ3) is 4.91. The third-order valence-electron chi connectivity index (χ3n) is 6.01. The predicted molar refractivity (Wildman–Crippen MR) is 128 cm³/mol. The smallest absolute Gasteiger partial charge is 0.246 e. The van der Waals surface area contributed by atoms with Gasteiger partial charge < -0.3 is 14.8 Å². The summed E-state index contributed by atoms with van der Waals surface area (Å²) in [6.07, 6.45) is 0.798. The Hall–Kier alpha value is -3.64.